The summed E-state index contributed by atoms with van der Waals surface area (Å²) >= 11 is 0. The van der Waals surface area contributed by atoms with E-state index in [4.69, 9.17) is 4.84 Å². The van der Waals surface area contributed by atoms with Crippen molar-refractivity contribution in [1.82, 2.24) is 4.47 Å². The van der Waals surface area contributed by atoms with Crippen LogP contribution in [-0.2, 0) is 19.6 Å². The van der Waals surface area contributed by atoms with Crippen molar-refractivity contribution in [3.63, 3.8) is 0 Å². The number of methoxy groups -OCH3 is 1. The van der Waals surface area contributed by atoms with Crippen molar-refractivity contribution >= 4 is 33.4 Å². The Morgan fingerprint density at radius 2 is 1.41 bits per heavy atom. The van der Waals surface area contributed by atoms with Gasteiger partial charge in [-0.15, -0.1) is 0 Å². The van der Waals surface area contributed by atoms with Gasteiger partial charge < -0.3 is 10.1 Å². The first kappa shape index (κ1) is 20.4. The van der Waals surface area contributed by atoms with Gasteiger partial charge in [0.1, 0.15) is 0 Å². The van der Waals surface area contributed by atoms with Gasteiger partial charge in [-0.25, -0.2) is 13.2 Å². The Kier molecular flexibility index (Phi) is 6.50. The predicted molar refractivity (Wildman–Crippen MR) is 98.8 cm³/mol. The molecular weight excluding hydrogens is 374 g/mol. The molecule has 144 valence electrons. The first-order valence-corrected chi connectivity index (χ1v) is 9.11. The first-order chi connectivity index (χ1) is 12.8. The van der Waals surface area contributed by atoms with Crippen molar-refractivity contribution in [2.24, 2.45) is 0 Å². The van der Waals surface area contributed by atoms with Crippen LogP contribution in [0.3, 0.4) is 0 Å². The van der Waals surface area contributed by atoms with E-state index in [2.05, 4.69) is 15.4 Å². The Hall–Kier alpha value is -2.95. The molecule has 0 aliphatic carbocycles. The summed E-state index contributed by atoms with van der Waals surface area (Å²) in [4.78, 5) is 28.1. The maximum atomic E-state index is 12.3. The van der Waals surface area contributed by atoms with Crippen molar-refractivity contribution in [3.8, 4) is 0 Å². The number of anilines is 2. The molecule has 2 amide bonds. The molecule has 0 heterocycles. The van der Waals surface area contributed by atoms with Crippen LogP contribution in [0.2, 0.25) is 0 Å². The standard InChI is InChI=1S/C17H19N3O6S/c1-20(26-3)27(23,24)15-10-4-12(5-11-15)16(21)18-13-6-8-14(9-7-13)19-17(22)25-2/h4-11H,1-3H3,(H,18,21)(H,19,22). The number of hydrogen-bond donors (Lipinski definition) is 2. The van der Waals surface area contributed by atoms with E-state index >= 15 is 0 Å². The van der Waals surface area contributed by atoms with Crippen molar-refractivity contribution in [3.05, 3.63) is 54.1 Å². The lowest BCUT2D eigenvalue weighted by Crippen LogP contribution is -2.25. The quantitative estimate of drug-likeness (QED) is 0.728. The number of hydroxylamine groups is 1. The largest absolute Gasteiger partial charge is 0.453 e. The zero-order valence-electron chi connectivity index (χ0n) is 14.9. The smallest absolute Gasteiger partial charge is 0.411 e. The Bertz CT molecular complexity index is 911. The highest BCUT2D eigenvalue weighted by molar-refractivity contribution is 7.89. The molecule has 2 rings (SSSR count). The van der Waals surface area contributed by atoms with Crippen LogP contribution in [0.1, 0.15) is 10.4 Å². The lowest BCUT2D eigenvalue weighted by atomic mass is 10.2. The Morgan fingerprint density at radius 3 is 1.89 bits per heavy atom. The van der Waals surface area contributed by atoms with Crippen LogP contribution in [0.15, 0.2) is 53.4 Å². The topological polar surface area (TPSA) is 114 Å². The van der Waals surface area contributed by atoms with Crippen LogP contribution < -0.4 is 10.6 Å². The van der Waals surface area contributed by atoms with Gasteiger partial charge in [-0.1, -0.05) is 4.47 Å². The number of amides is 2. The fourth-order valence-corrected chi connectivity index (χ4v) is 3.01. The molecule has 0 unspecified atom stereocenters. The summed E-state index contributed by atoms with van der Waals surface area (Å²) < 4.78 is 29.5. The van der Waals surface area contributed by atoms with Crippen molar-refractivity contribution in [2.75, 3.05) is 31.9 Å². The number of ether oxygens (including phenoxy) is 1. The summed E-state index contributed by atoms with van der Waals surface area (Å²) in [5.74, 6) is -0.410. The summed E-state index contributed by atoms with van der Waals surface area (Å²) in [6.45, 7) is 0. The van der Waals surface area contributed by atoms with Crippen LogP contribution >= 0.6 is 0 Å². The number of benzene rings is 2. The van der Waals surface area contributed by atoms with E-state index in [1.807, 2.05) is 0 Å². The highest BCUT2D eigenvalue weighted by atomic mass is 32.2. The maximum absolute atomic E-state index is 12.3. The predicted octanol–water partition coefficient (Wildman–Crippen LogP) is 2.30. The fraction of sp³-hybridized carbons (Fsp3) is 0.176. The number of nitrogens with zero attached hydrogens (tertiary/aromatic N) is 1. The van der Waals surface area contributed by atoms with E-state index in [0.29, 0.717) is 11.4 Å². The van der Waals surface area contributed by atoms with Crippen molar-refractivity contribution in [1.29, 1.82) is 0 Å². The summed E-state index contributed by atoms with van der Waals surface area (Å²) in [7, 11) is -0.00111. The average Bonchev–Trinajstić information content (AvgIpc) is 2.68. The number of hydrogen-bond acceptors (Lipinski definition) is 6. The Balaban J connectivity index is 2.07. The van der Waals surface area contributed by atoms with Gasteiger partial charge in [0.2, 0.25) is 0 Å². The minimum Gasteiger partial charge on any atom is -0.453 e. The van der Waals surface area contributed by atoms with Gasteiger partial charge in [0.25, 0.3) is 15.9 Å². The number of nitrogens with one attached hydrogen (secondary N) is 2. The van der Waals surface area contributed by atoms with E-state index in [1.165, 1.54) is 45.5 Å². The molecule has 0 saturated heterocycles. The molecule has 2 N–H and O–H groups in total. The zero-order valence-corrected chi connectivity index (χ0v) is 15.7. The van der Waals surface area contributed by atoms with Crippen molar-refractivity contribution < 1.29 is 27.6 Å². The van der Waals surface area contributed by atoms with E-state index in [1.54, 1.807) is 24.3 Å². The second-order valence-corrected chi connectivity index (χ2v) is 7.21. The third-order valence-electron chi connectivity index (χ3n) is 3.58. The number of rotatable bonds is 6. The lowest BCUT2D eigenvalue weighted by Gasteiger charge is -2.14. The summed E-state index contributed by atoms with van der Waals surface area (Å²) in [6, 6.07) is 11.9. The number of sulfonamides is 1. The SMILES string of the molecule is COC(=O)Nc1ccc(NC(=O)c2ccc(S(=O)(=O)N(C)OC)cc2)cc1. The van der Waals surface area contributed by atoms with Gasteiger partial charge in [0, 0.05) is 24.0 Å². The van der Waals surface area contributed by atoms with Crippen LogP contribution in [0.5, 0.6) is 0 Å². The highest BCUT2D eigenvalue weighted by Gasteiger charge is 2.21. The third-order valence-corrected chi connectivity index (χ3v) is 5.28. The summed E-state index contributed by atoms with van der Waals surface area (Å²) in [5.41, 5.74) is 1.30. The second-order valence-electron chi connectivity index (χ2n) is 5.27. The Labute approximate surface area is 156 Å². The molecule has 0 aliphatic rings. The average molecular weight is 393 g/mol. The van der Waals surface area contributed by atoms with Crippen molar-refractivity contribution in [2.45, 2.75) is 4.90 Å². The van der Waals surface area contributed by atoms with Crippen LogP contribution in [0.4, 0.5) is 16.2 Å². The van der Waals surface area contributed by atoms with Crippen LogP contribution in [-0.4, -0.2) is 46.2 Å². The number of carbonyl (C=O) groups is 2. The molecule has 9 nitrogen and oxygen atoms in total. The first-order valence-electron chi connectivity index (χ1n) is 7.67. The molecule has 0 saturated carbocycles. The Morgan fingerprint density at radius 1 is 0.889 bits per heavy atom. The van der Waals surface area contributed by atoms with Gasteiger partial charge in [-0.05, 0) is 48.5 Å². The highest BCUT2D eigenvalue weighted by Crippen LogP contribution is 2.17. The number of carbonyl (C=O) groups excluding carboxylic acids is 2. The molecule has 0 bridgehead atoms. The fourth-order valence-electron chi connectivity index (χ4n) is 2.03. The molecule has 10 heteroatoms. The molecule has 2 aromatic rings. The van der Waals surface area contributed by atoms with Gasteiger partial charge in [0.15, 0.2) is 0 Å². The molecule has 0 atom stereocenters. The molecule has 0 radical (unpaired) electrons. The molecule has 0 fully saturated rings. The molecule has 0 aliphatic heterocycles. The van der Waals surface area contributed by atoms with Gasteiger partial charge >= 0.3 is 6.09 Å². The normalized spacial score (nSPS) is 11.1. The van der Waals surface area contributed by atoms with E-state index in [9.17, 15) is 18.0 Å². The minimum atomic E-state index is -3.77. The molecule has 0 aromatic heterocycles. The summed E-state index contributed by atoms with van der Waals surface area (Å²) in [6.07, 6.45) is -0.596. The van der Waals surface area contributed by atoms with Crippen LogP contribution in [0.25, 0.3) is 0 Å². The minimum absolute atomic E-state index is 0.00152. The van der Waals surface area contributed by atoms with Crippen LogP contribution in [0, 0.1) is 0 Å². The zero-order chi connectivity index (χ0) is 20.0. The van der Waals surface area contributed by atoms with E-state index < -0.39 is 22.0 Å². The van der Waals surface area contributed by atoms with Gasteiger partial charge in [0.05, 0.1) is 19.1 Å². The second kappa shape index (κ2) is 8.62. The molecule has 0 spiro atoms. The monoisotopic (exact) mass is 393 g/mol. The van der Waals surface area contributed by atoms with E-state index in [0.717, 1.165) is 4.47 Å². The molecule has 2 aromatic carbocycles. The van der Waals surface area contributed by atoms with Gasteiger partial charge in [-0.3, -0.25) is 14.9 Å². The molecular formula is C17H19N3O6S. The van der Waals surface area contributed by atoms with Gasteiger partial charge in [-0.2, -0.15) is 0 Å². The lowest BCUT2D eigenvalue weighted by molar-refractivity contribution is -0.0258. The molecule has 27 heavy (non-hydrogen) atoms. The summed E-state index contributed by atoms with van der Waals surface area (Å²) in [5, 5.41) is 5.17. The third kappa shape index (κ3) is 5.03. The van der Waals surface area contributed by atoms with E-state index in [-0.39, 0.29) is 10.5 Å². The maximum Gasteiger partial charge on any atom is 0.411 e.